The number of hydrogen-bond acceptors (Lipinski definition) is 3. The standard InChI is InChI=1S/C13H20N2O4/c1-10(13(17)18)5-6-14-12(16)11-4-3-7-15(11)8-9-19-2/h3-4,7,10H,5-6,8-9H2,1-2H3,(H,14,16)(H,17,18). The lowest BCUT2D eigenvalue weighted by molar-refractivity contribution is -0.141. The van der Waals surface area contributed by atoms with E-state index in [1.165, 1.54) is 0 Å². The predicted octanol–water partition coefficient (Wildman–Crippen LogP) is 0.975. The molecule has 0 bridgehead atoms. The van der Waals surface area contributed by atoms with Crippen LogP contribution in [0.5, 0.6) is 0 Å². The van der Waals surface area contributed by atoms with Crippen LogP contribution >= 0.6 is 0 Å². The van der Waals surface area contributed by atoms with Crippen molar-refractivity contribution in [2.24, 2.45) is 5.92 Å². The Morgan fingerprint density at radius 2 is 2.26 bits per heavy atom. The minimum Gasteiger partial charge on any atom is -0.481 e. The molecular weight excluding hydrogens is 248 g/mol. The normalized spacial score (nSPS) is 12.1. The fourth-order valence-corrected chi connectivity index (χ4v) is 1.62. The number of rotatable bonds is 8. The summed E-state index contributed by atoms with van der Waals surface area (Å²) in [6.07, 6.45) is 2.23. The van der Waals surface area contributed by atoms with Crippen molar-refractivity contribution in [3.8, 4) is 0 Å². The van der Waals surface area contributed by atoms with Gasteiger partial charge in [-0.25, -0.2) is 0 Å². The summed E-state index contributed by atoms with van der Waals surface area (Å²) in [5.74, 6) is -1.50. The highest BCUT2D eigenvalue weighted by atomic mass is 16.5. The second-order valence-electron chi connectivity index (χ2n) is 4.36. The van der Waals surface area contributed by atoms with Gasteiger partial charge in [0.25, 0.3) is 5.91 Å². The molecule has 1 aromatic rings. The fourth-order valence-electron chi connectivity index (χ4n) is 1.62. The van der Waals surface area contributed by atoms with E-state index in [1.807, 2.05) is 6.20 Å². The van der Waals surface area contributed by atoms with Crippen molar-refractivity contribution < 1.29 is 19.4 Å². The van der Waals surface area contributed by atoms with Crippen LogP contribution in [0.2, 0.25) is 0 Å². The van der Waals surface area contributed by atoms with Crippen LogP contribution in [0, 0.1) is 5.92 Å². The largest absolute Gasteiger partial charge is 0.481 e. The Bertz CT molecular complexity index is 428. The molecule has 0 aliphatic carbocycles. The highest BCUT2D eigenvalue weighted by Gasteiger charge is 2.13. The zero-order valence-electron chi connectivity index (χ0n) is 11.3. The molecule has 1 atom stereocenters. The number of amides is 1. The molecule has 1 rings (SSSR count). The number of ether oxygens (including phenoxy) is 1. The van der Waals surface area contributed by atoms with E-state index in [1.54, 1.807) is 30.7 Å². The van der Waals surface area contributed by atoms with Crippen LogP contribution in [-0.4, -0.2) is 41.8 Å². The molecule has 1 unspecified atom stereocenters. The zero-order valence-corrected chi connectivity index (χ0v) is 11.3. The van der Waals surface area contributed by atoms with Crippen LogP contribution in [0.4, 0.5) is 0 Å². The van der Waals surface area contributed by atoms with Crippen molar-refractivity contribution in [2.45, 2.75) is 19.9 Å². The molecule has 0 saturated heterocycles. The summed E-state index contributed by atoms with van der Waals surface area (Å²) in [4.78, 5) is 22.6. The lowest BCUT2D eigenvalue weighted by Crippen LogP contribution is -2.29. The van der Waals surface area contributed by atoms with Crippen molar-refractivity contribution in [3.05, 3.63) is 24.0 Å². The topological polar surface area (TPSA) is 80.6 Å². The lowest BCUT2D eigenvalue weighted by atomic mass is 10.1. The Hall–Kier alpha value is -1.82. The minimum atomic E-state index is -0.849. The Morgan fingerprint density at radius 3 is 2.89 bits per heavy atom. The SMILES string of the molecule is COCCn1cccc1C(=O)NCCC(C)C(=O)O. The molecule has 0 saturated carbocycles. The van der Waals surface area contributed by atoms with E-state index in [0.29, 0.717) is 31.8 Å². The maximum Gasteiger partial charge on any atom is 0.306 e. The maximum atomic E-state index is 11.9. The predicted molar refractivity (Wildman–Crippen MR) is 70.1 cm³/mol. The lowest BCUT2D eigenvalue weighted by Gasteiger charge is -2.10. The molecule has 1 aromatic heterocycles. The van der Waals surface area contributed by atoms with E-state index in [4.69, 9.17) is 9.84 Å². The third-order valence-electron chi connectivity index (χ3n) is 2.88. The Balaban J connectivity index is 2.45. The second-order valence-corrected chi connectivity index (χ2v) is 4.36. The van der Waals surface area contributed by atoms with E-state index in [9.17, 15) is 9.59 Å². The van der Waals surface area contributed by atoms with E-state index >= 15 is 0 Å². The Morgan fingerprint density at radius 1 is 1.53 bits per heavy atom. The number of nitrogens with one attached hydrogen (secondary N) is 1. The first-order valence-electron chi connectivity index (χ1n) is 6.21. The molecule has 106 valence electrons. The molecule has 0 fully saturated rings. The number of carboxylic acids is 1. The van der Waals surface area contributed by atoms with Gasteiger partial charge in [-0.05, 0) is 18.6 Å². The van der Waals surface area contributed by atoms with Crippen LogP contribution in [0.25, 0.3) is 0 Å². The number of carboxylic acid groups (broad SMARTS) is 1. The molecule has 2 N–H and O–H groups in total. The third-order valence-corrected chi connectivity index (χ3v) is 2.88. The number of carbonyl (C=O) groups is 2. The third kappa shape index (κ3) is 4.75. The van der Waals surface area contributed by atoms with Crippen LogP contribution in [0.15, 0.2) is 18.3 Å². The van der Waals surface area contributed by atoms with Gasteiger partial charge in [0.05, 0.1) is 12.5 Å². The summed E-state index contributed by atoms with van der Waals surface area (Å²) in [5.41, 5.74) is 0.556. The minimum absolute atomic E-state index is 0.196. The molecule has 1 amide bonds. The molecule has 0 spiro atoms. The number of carbonyl (C=O) groups excluding carboxylic acids is 1. The van der Waals surface area contributed by atoms with Crippen LogP contribution in [-0.2, 0) is 16.1 Å². The molecule has 6 heteroatoms. The first-order valence-corrected chi connectivity index (χ1v) is 6.21. The number of aromatic nitrogens is 1. The fraction of sp³-hybridized carbons (Fsp3) is 0.538. The van der Waals surface area contributed by atoms with Gasteiger partial charge in [-0.1, -0.05) is 6.92 Å². The van der Waals surface area contributed by atoms with Gasteiger partial charge >= 0.3 is 5.97 Å². The number of methoxy groups -OCH3 is 1. The molecule has 0 radical (unpaired) electrons. The van der Waals surface area contributed by atoms with E-state index in [0.717, 1.165) is 0 Å². The van der Waals surface area contributed by atoms with Crippen molar-refractivity contribution >= 4 is 11.9 Å². The van der Waals surface area contributed by atoms with E-state index in [2.05, 4.69) is 5.32 Å². The quantitative estimate of drug-likeness (QED) is 0.736. The van der Waals surface area contributed by atoms with Crippen LogP contribution < -0.4 is 5.32 Å². The van der Waals surface area contributed by atoms with Gasteiger partial charge in [0.2, 0.25) is 0 Å². The molecule has 0 aliphatic heterocycles. The van der Waals surface area contributed by atoms with Crippen LogP contribution in [0.3, 0.4) is 0 Å². The molecule has 19 heavy (non-hydrogen) atoms. The van der Waals surface area contributed by atoms with Gasteiger partial charge in [0.1, 0.15) is 5.69 Å². The average Bonchev–Trinajstić information content (AvgIpc) is 2.84. The number of nitrogens with zero attached hydrogens (tertiary/aromatic N) is 1. The highest BCUT2D eigenvalue weighted by Crippen LogP contribution is 2.04. The van der Waals surface area contributed by atoms with E-state index < -0.39 is 11.9 Å². The first-order chi connectivity index (χ1) is 9.06. The second kappa shape index (κ2) is 7.58. The molecule has 1 heterocycles. The molecule has 0 aliphatic rings. The number of aliphatic carboxylic acids is 1. The summed E-state index contributed by atoms with van der Waals surface area (Å²) < 4.78 is 6.78. The highest BCUT2D eigenvalue weighted by molar-refractivity contribution is 5.92. The molecule has 6 nitrogen and oxygen atoms in total. The molecular formula is C13H20N2O4. The van der Waals surface area contributed by atoms with Crippen molar-refractivity contribution in [2.75, 3.05) is 20.3 Å². The van der Waals surface area contributed by atoms with Gasteiger partial charge < -0.3 is 19.7 Å². The van der Waals surface area contributed by atoms with Crippen molar-refractivity contribution in [1.29, 1.82) is 0 Å². The van der Waals surface area contributed by atoms with Crippen molar-refractivity contribution in [1.82, 2.24) is 9.88 Å². The van der Waals surface area contributed by atoms with Gasteiger partial charge in [0.15, 0.2) is 0 Å². The first kappa shape index (κ1) is 15.2. The van der Waals surface area contributed by atoms with E-state index in [-0.39, 0.29) is 5.91 Å². The van der Waals surface area contributed by atoms with Gasteiger partial charge in [-0.2, -0.15) is 0 Å². The summed E-state index contributed by atoms with van der Waals surface area (Å²) >= 11 is 0. The maximum absolute atomic E-state index is 11.9. The Kier molecular flexibility index (Phi) is 6.08. The number of hydrogen-bond donors (Lipinski definition) is 2. The summed E-state index contributed by atoms with van der Waals surface area (Å²) in [5, 5.41) is 11.5. The molecule has 0 aromatic carbocycles. The average molecular weight is 268 g/mol. The monoisotopic (exact) mass is 268 g/mol. The van der Waals surface area contributed by atoms with Gasteiger partial charge in [0, 0.05) is 26.4 Å². The summed E-state index contributed by atoms with van der Waals surface area (Å²) in [6, 6.07) is 3.52. The summed E-state index contributed by atoms with van der Waals surface area (Å²) in [6.45, 7) is 3.11. The van der Waals surface area contributed by atoms with Crippen LogP contribution in [0.1, 0.15) is 23.8 Å². The van der Waals surface area contributed by atoms with Crippen molar-refractivity contribution in [3.63, 3.8) is 0 Å². The smallest absolute Gasteiger partial charge is 0.306 e. The van der Waals surface area contributed by atoms with Gasteiger partial charge in [-0.15, -0.1) is 0 Å². The Labute approximate surface area is 112 Å². The zero-order chi connectivity index (χ0) is 14.3. The van der Waals surface area contributed by atoms with Gasteiger partial charge in [-0.3, -0.25) is 9.59 Å². The summed E-state index contributed by atoms with van der Waals surface area (Å²) in [7, 11) is 1.61.